The number of alkyl halides is 3. The Kier molecular flexibility index (Phi) is 7.63. The van der Waals surface area contributed by atoms with E-state index in [1.165, 1.54) is 6.20 Å². The Labute approximate surface area is 208 Å². The van der Waals surface area contributed by atoms with Crippen LogP contribution in [0, 0.1) is 11.2 Å². The van der Waals surface area contributed by atoms with Crippen molar-refractivity contribution >= 4 is 39.2 Å². The molecule has 0 radical (unpaired) electrons. The molecule has 3 rings (SSSR count). The third kappa shape index (κ3) is 6.41. The molecule has 2 aromatic rings. The van der Waals surface area contributed by atoms with Crippen LogP contribution in [0.25, 0.3) is 0 Å². The summed E-state index contributed by atoms with van der Waals surface area (Å²) in [6, 6.07) is 5.37. The molecule has 35 heavy (non-hydrogen) atoms. The number of hydrogen-bond donors (Lipinski definition) is 1. The maximum atomic E-state index is 14.6. The first kappa shape index (κ1) is 26.7. The van der Waals surface area contributed by atoms with Crippen molar-refractivity contribution in [1.29, 1.82) is 0 Å². The molecule has 0 saturated carbocycles. The second-order valence-electron chi connectivity index (χ2n) is 9.19. The molecule has 2 amide bonds. The Balaban J connectivity index is 1.69. The summed E-state index contributed by atoms with van der Waals surface area (Å²) < 4.78 is 55.7. The summed E-state index contributed by atoms with van der Waals surface area (Å²) in [4.78, 5) is 33.3. The van der Waals surface area contributed by atoms with Crippen molar-refractivity contribution in [2.45, 2.75) is 40.1 Å². The fourth-order valence-corrected chi connectivity index (χ4v) is 4.09. The quantitative estimate of drug-likeness (QED) is 0.519. The predicted molar refractivity (Wildman–Crippen MR) is 126 cm³/mol. The van der Waals surface area contributed by atoms with Crippen molar-refractivity contribution in [2.24, 2.45) is 5.41 Å². The first-order chi connectivity index (χ1) is 16.2. The van der Waals surface area contributed by atoms with Gasteiger partial charge in [-0.3, -0.25) is 9.59 Å². The lowest BCUT2D eigenvalue weighted by Crippen LogP contribution is -2.56. The van der Waals surface area contributed by atoms with Crippen molar-refractivity contribution in [1.82, 2.24) is 9.88 Å². The normalized spacial score (nSPS) is 16.8. The van der Waals surface area contributed by atoms with Crippen LogP contribution in [0.1, 0.15) is 38.1 Å². The number of hydrogen-bond acceptors (Lipinski definition) is 5. The number of carbonyl (C=O) groups is 2. The molecule has 1 aliphatic rings. The number of amides is 2. The van der Waals surface area contributed by atoms with Crippen LogP contribution >= 0.6 is 15.9 Å². The van der Waals surface area contributed by atoms with E-state index in [1.54, 1.807) is 12.1 Å². The highest BCUT2D eigenvalue weighted by molar-refractivity contribution is 9.10. The lowest BCUT2D eigenvalue weighted by Gasteiger charge is -2.42. The number of benzene rings is 1. The van der Waals surface area contributed by atoms with Gasteiger partial charge in [0.2, 0.25) is 5.91 Å². The topological polar surface area (TPSA) is 74.8 Å². The van der Waals surface area contributed by atoms with Crippen molar-refractivity contribution in [3.63, 3.8) is 0 Å². The standard InChI is InChI=1S/C23H25BrF4N4O3/c1-13-12-31(21(34)22(2,3)4)9-10-32(13)17-8-5-14(11-29-17)30-20(33)15-6-7-16(24)19(18(15)25)35-23(26,27)28/h5-8,11,13H,9-10,12H2,1-4H3,(H,30,33). The molecule has 12 heteroatoms. The zero-order valence-corrected chi connectivity index (χ0v) is 21.1. The summed E-state index contributed by atoms with van der Waals surface area (Å²) in [5, 5.41) is 2.42. The third-order valence-electron chi connectivity index (χ3n) is 5.37. The van der Waals surface area contributed by atoms with Gasteiger partial charge in [0.15, 0.2) is 11.6 Å². The maximum absolute atomic E-state index is 14.6. The van der Waals surface area contributed by atoms with Gasteiger partial charge in [-0.2, -0.15) is 0 Å². The van der Waals surface area contributed by atoms with E-state index in [9.17, 15) is 27.2 Å². The van der Waals surface area contributed by atoms with Gasteiger partial charge < -0.3 is 19.9 Å². The number of aromatic nitrogens is 1. The predicted octanol–water partition coefficient (Wildman–Crippen LogP) is 5.22. The average Bonchev–Trinajstić information content (AvgIpc) is 2.75. The van der Waals surface area contributed by atoms with E-state index in [0.717, 1.165) is 12.1 Å². The van der Waals surface area contributed by atoms with Crippen LogP contribution < -0.4 is 15.0 Å². The molecule has 1 fully saturated rings. The molecular weight excluding hydrogens is 536 g/mol. The minimum absolute atomic E-state index is 0.00639. The summed E-state index contributed by atoms with van der Waals surface area (Å²) >= 11 is 2.79. The molecule has 1 aromatic carbocycles. The zero-order valence-electron chi connectivity index (χ0n) is 19.5. The van der Waals surface area contributed by atoms with Gasteiger partial charge in [-0.05, 0) is 47.1 Å². The molecule has 190 valence electrons. The van der Waals surface area contributed by atoms with Crippen LogP contribution in [0.2, 0.25) is 0 Å². The summed E-state index contributed by atoms with van der Waals surface area (Å²) in [6.07, 6.45) is -3.75. The van der Waals surface area contributed by atoms with Gasteiger partial charge in [0, 0.05) is 31.1 Å². The van der Waals surface area contributed by atoms with Gasteiger partial charge in [-0.25, -0.2) is 9.37 Å². The van der Waals surface area contributed by atoms with E-state index in [1.807, 2.05) is 37.5 Å². The summed E-state index contributed by atoms with van der Waals surface area (Å²) in [5.41, 5.74) is -0.855. The van der Waals surface area contributed by atoms with E-state index in [-0.39, 0.29) is 22.1 Å². The van der Waals surface area contributed by atoms with Crippen LogP contribution in [0.5, 0.6) is 5.75 Å². The van der Waals surface area contributed by atoms with E-state index < -0.39 is 34.8 Å². The van der Waals surface area contributed by atoms with E-state index in [4.69, 9.17) is 0 Å². The van der Waals surface area contributed by atoms with Crippen LogP contribution in [0.3, 0.4) is 0 Å². The Morgan fingerprint density at radius 3 is 2.37 bits per heavy atom. The smallest absolute Gasteiger partial charge is 0.401 e. The molecule has 1 unspecified atom stereocenters. The number of nitrogens with one attached hydrogen (secondary N) is 1. The number of carbonyl (C=O) groups excluding carboxylic acids is 2. The molecule has 1 N–H and O–H groups in total. The number of rotatable bonds is 4. The SMILES string of the molecule is CC1CN(C(=O)C(C)(C)C)CCN1c1ccc(NC(=O)c2ccc(Br)c(OC(F)(F)F)c2F)cn1. The maximum Gasteiger partial charge on any atom is 0.573 e. The highest BCUT2D eigenvalue weighted by Crippen LogP contribution is 2.35. The molecule has 0 aliphatic carbocycles. The summed E-state index contributed by atoms with van der Waals surface area (Å²) in [7, 11) is 0. The van der Waals surface area contributed by atoms with Crippen LogP contribution in [0.4, 0.5) is 29.1 Å². The average molecular weight is 561 g/mol. The van der Waals surface area contributed by atoms with Gasteiger partial charge in [0.25, 0.3) is 5.91 Å². The number of nitrogens with zero attached hydrogens (tertiary/aromatic N) is 3. The van der Waals surface area contributed by atoms with Crippen LogP contribution in [-0.4, -0.2) is 53.7 Å². The van der Waals surface area contributed by atoms with Crippen LogP contribution in [-0.2, 0) is 4.79 Å². The van der Waals surface area contributed by atoms with Gasteiger partial charge in [0.1, 0.15) is 5.82 Å². The first-order valence-corrected chi connectivity index (χ1v) is 11.5. The van der Waals surface area contributed by atoms with Crippen molar-refractivity contribution in [2.75, 3.05) is 29.9 Å². The van der Waals surface area contributed by atoms with Crippen LogP contribution in [0.15, 0.2) is 34.9 Å². The molecule has 1 atom stereocenters. The van der Waals surface area contributed by atoms with Crippen molar-refractivity contribution in [3.05, 3.63) is 46.3 Å². The third-order valence-corrected chi connectivity index (χ3v) is 5.99. The highest BCUT2D eigenvalue weighted by Gasteiger charge is 2.35. The Morgan fingerprint density at radius 2 is 1.83 bits per heavy atom. The Morgan fingerprint density at radius 1 is 1.14 bits per heavy atom. The molecule has 2 heterocycles. The largest absolute Gasteiger partial charge is 0.573 e. The second kappa shape index (κ2) is 10.00. The van der Waals surface area contributed by atoms with Gasteiger partial charge in [-0.1, -0.05) is 20.8 Å². The molecular formula is C23H25BrF4N4O3. The van der Waals surface area contributed by atoms with Gasteiger partial charge in [0.05, 0.1) is 21.9 Å². The molecule has 0 spiro atoms. The second-order valence-corrected chi connectivity index (χ2v) is 10.0. The molecule has 1 aromatic heterocycles. The number of halogens is 5. The number of anilines is 2. The van der Waals surface area contributed by atoms with E-state index in [0.29, 0.717) is 25.5 Å². The van der Waals surface area contributed by atoms with Crippen molar-refractivity contribution < 1.29 is 31.9 Å². The fourth-order valence-electron chi connectivity index (χ4n) is 3.70. The molecule has 1 aliphatic heterocycles. The lowest BCUT2D eigenvalue weighted by atomic mass is 9.94. The van der Waals surface area contributed by atoms with Gasteiger partial charge >= 0.3 is 6.36 Å². The summed E-state index contributed by atoms with van der Waals surface area (Å²) in [6.45, 7) is 9.29. The lowest BCUT2D eigenvalue weighted by molar-refractivity contribution is -0.275. The van der Waals surface area contributed by atoms with E-state index >= 15 is 0 Å². The monoisotopic (exact) mass is 560 g/mol. The minimum Gasteiger partial charge on any atom is -0.401 e. The Bertz CT molecular complexity index is 1100. The zero-order chi connectivity index (χ0) is 26.1. The van der Waals surface area contributed by atoms with Crippen molar-refractivity contribution in [3.8, 4) is 5.75 Å². The molecule has 1 saturated heterocycles. The molecule has 0 bridgehead atoms. The first-order valence-electron chi connectivity index (χ1n) is 10.7. The highest BCUT2D eigenvalue weighted by atomic mass is 79.9. The van der Waals surface area contributed by atoms with Gasteiger partial charge in [-0.15, -0.1) is 13.2 Å². The van der Waals surface area contributed by atoms with E-state index in [2.05, 4.69) is 31.0 Å². The minimum atomic E-state index is -5.12. The number of ether oxygens (including phenoxy) is 1. The Hall–Kier alpha value is -2.89. The fraction of sp³-hybridized carbons (Fsp3) is 0.435. The molecule has 7 nitrogen and oxygen atoms in total. The summed E-state index contributed by atoms with van der Waals surface area (Å²) in [5.74, 6) is -2.82. The number of piperazine rings is 1. The number of pyridine rings is 1.